The summed E-state index contributed by atoms with van der Waals surface area (Å²) in [5, 5.41) is 10.2. The van der Waals surface area contributed by atoms with Crippen LogP contribution in [0.25, 0.3) is 0 Å². The van der Waals surface area contributed by atoms with E-state index in [4.69, 9.17) is 5.73 Å². The van der Waals surface area contributed by atoms with E-state index in [0.29, 0.717) is 26.9 Å². The number of nitrogens with two attached hydrogens (primary N) is 1. The molecule has 0 aliphatic rings. The normalized spacial score (nSPS) is 14.8. The fraction of sp³-hybridized carbons (Fsp3) is 0.273. The number of rotatable bonds is 4. The second kappa shape index (κ2) is 6.88. The largest absolute Gasteiger partial charge is 0.404 e. The summed E-state index contributed by atoms with van der Waals surface area (Å²) in [4.78, 5) is 8.22. The Morgan fingerprint density at radius 2 is 2.41 bits per heavy atom. The molecule has 0 saturated heterocycles. The van der Waals surface area contributed by atoms with Crippen molar-refractivity contribution >= 4 is 36.5 Å². The first-order valence-electron chi connectivity index (χ1n) is 5.02. The molecule has 1 aromatic heterocycles. The minimum Gasteiger partial charge on any atom is -0.404 e. The maximum atomic E-state index is 10.2. The van der Waals surface area contributed by atoms with Gasteiger partial charge >= 0.3 is 0 Å². The smallest absolute Gasteiger partial charge is 0.112 e. The molecule has 4 nitrogen and oxygen atoms in total. The van der Waals surface area contributed by atoms with E-state index in [0.717, 1.165) is 0 Å². The molecule has 17 heavy (non-hydrogen) atoms. The second-order valence-electron chi connectivity index (χ2n) is 3.17. The zero-order valence-electron chi connectivity index (χ0n) is 9.27. The molecule has 0 saturated carbocycles. The number of aliphatic hydroxyl groups is 1. The SMILES string of the molecule is CCN=C(Br)C(=CN)C(O)c1cccnc1Br. The maximum absolute atomic E-state index is 10.2. The number of hydrogen-bond acceptors (Lipinski definition) is 4. The Kier molecular flexibility index (Phi) is 5.80. The molecule has 1 atom stereocenters. The molecule has 0 radical (unpaired) electrons. The van der Waals surface area contributed by atoms with E-state index in [1.165, 1.54) is 6.20 Å². The van der Waals surface area contributed by atoms with Crippen LogP contribution in [-0.4, -0.2) is 21.3 Å². The second-order valence-corrected chi connectivity index (χ2v) is 4.68. The van der Waals surface area contributed by atoms with Crippen LogP contribution >= 0.6 is 31.9 Å². The number of aliphatic hydroxyl groups excluding tert-OH is 1. The number of halogens is 2. The Morgan fingerprint density at radius 3 is 2.94 bits per heavy atom. The molecule has 0 aliphatic heterocycles. The molecule has 0 aliphatic carbocycles. The van der Waals surface area contributed by atoms with E-state index in [2.05, 4.69) is 41.8 Å². The zero-order valence-corrected chi connectivity index (χ0v) is 12.4. The van der Waals surface area contributed by atoms with Gasteiger partial charge in [-0.1, -0.05) is 6.07 Å². The van der Waals surface area contributed by atoms with Crippen molar-refractivity contribution in [1.29, 1.82) is 0 Å². The lowest BCUT2D eigenvalue weighted by molar-refractivity contribution is 0.221. The van der Waals surface area contributed by atoms with Gasteiger partial charge < -0.3 is 10.8 Å². The van der Waals surface area contributed by atoms with Gasteiger partial charge in [0.05, 0.1) is 0 Å². The van der Waals surface area contributed by atoms with Gasteiger partial charge in [0.2, 0.25) is 0 Å². The van der Waals surface area contributed by atoms with E-state index in [1.54, 1.807) is 18.3 Å². The van der Waals surface area contributed by atoms with E-state index in [1.807, 2.05) is 6.92 Å². The summed E-state index contributed by atoms with van der Waals surface area (Å²) < 4.78 is 1.13. The van der Waals surface area contributed by atoms with Crippen LogP contribution in [0.4, 0.5) is 0 Å². The molecule has 1 unspecified atom stereocenters. The minimum absolute atomic E-state index is 0.514. The number of nitrogens with zero attached hydrogens (tertiary/aromatic N) is 2. The van der Waals surface area contributed by atoms with Crippen molar-refractivity contribution < 1.29 is 5.11 Å². The maximum Gasteiger partial charge on any atom is 0.112 e. The average Bonchev–Trinajstić information content (AvgIpc) is 2.30. The van der Waals surface area contributed by atoms with E-state index in [-0.39, 0.29) is 0 Å². The molecule has 6 heteroatoms. The fourth-order valence-corrected chi connectivity index (χ4v) is 2.34. The fourth-order valence-electron chi connectivity index (χ4n) is 1.27. The van der Waals surface area contributed by atoms with Crippen LogP contribution in [0.3, 0.4) is 0 Å². The van der Waals surface area contributed by atoms with Crippen LogP contribution in [-0.2, 0) is 0 Å². The first-order chi connectivity index (χ1) is 8.11. The monoisotopic (exact) mass is 361 g/mol. The molecule has 1 rings (SSSR count). The van der Waals surface area contributed by atoms with E-state index >= 15 is 0 Å². The van der Waals surface area contributed by atoms with Crippen LogP contribution < -0.4 is 5.73 Å². The molecule has 0 bridgehead atoms. The average molecular weight is 363 g/mol. The minimum atomic E-state index is -0.868. The summed E-state index contributed by atoms with van der Waals surface area (Å²) in [5.74, 6) is 0. The Morgan fingerprint density at radius 1 is 1.71 bits per heavy atom. The van der Waals surface area contributed by atoms with Gasteiger partial charge in [-0.15, -0.1) is 0 Å². The molecule has 0 fully saturated rings. The van der Waals surface area contributed by atoms with E-state index in [9.17, 15) is 5.11 Å². The highest BCUT2D eigenvalue weighted by atomic mass is 79.9. The molecule has 0 spiro atoms. The van der Waals surface area contributed by atoms with Gasteiger partial charge in [0.1, 0.15) is 15.3 Å². The van der Waals surface area contributed by atoms with Gasteiger partial charge in [-0.3, -0.25) is 4.99 Å². The first kappa shape index (κ1) is 14.3. The van der Waals surface area contributed by atoms with Crippen molar-refractivity contribution in [2.75, 3.05) is 6.54 Å². The van der Waals surface area contributed by atoms with Crippen LogP contribution in [0.15, 0.2) is 39.7 Å². The standard InChI is InChI=1S/C11H13Br2N3O/c1-2-15-11(13)8(6-14)9(17)7-4-3-5-16-10(7)12/h3-6,9,17H,2,14H2,1H3. The van der Waals surface area contributed by atoms with Crippen LogP contribution in [0.2, 0.25) is 0 Å². The number of pyridine rings is 1. The number of aromatic nitrogens is 1. The lowest BCUT2D eigenvalue weighted by atomic mass is 10.1. The van der Waals surface area contributed by atoms with Crippen LogP contribution in [0, 0.1) is 0 Å². The Labute approximate surface area is 117 Å². The highest BCUT2D eigenvalue weighted by molar-refractivity contribution is 9.18. The number of aliphatic imine (C=N–C) groups is 1. The molecule has 0 aromatic carbocycles. The summed E-state index contributed by atoms with van der Waals surface area (Å²) in [6.07, 6.45) is 2.11. The Bertz CT molecular complexity index is 446. The van der Waals surface area contributed by atoms with Gasteiger partial charge in [-0.25, -0.2) is 4.98 Å². The topological polar surface area (TPSA) is 71.5 Å². The lowest BCUT2D eigenvalue weighted by Gasteiger charge is -2.14. The summed E-state index contributed by atoms with van der Waals surface area (Å²) in [6, 6.07) is 3.53. The molecule has 3 N–H and O–H groups in total. The highest BCUT2D eigenvalue weighted by Crippen LogP contribution is 2.28. The third kappa shape index (κ3) is 3.62. The Balaban J connectivity index is 3.08. The molecule has 0 amide bonds. The van der Waals surface area contributed by atoms with Gasteiger partial charge in [0, 0.05) is 30.1 Å². The van der Waals surface area contributed by atoms with Crippen molar-refractivity contribution in [3.8, 4) is 0 Å². The van der Waals surface area contributed by atoms with Crippen molar-refractivity contribution in [2.45, 2.75) is 13.0 Å². The third-order valence-electron chi connectivity index (χ3n) is 2.09. The van der Waals surface area contributed by atoms with Gasteiger partial charge in [-0.2, -0.15) is 0 Å². The highest BCUT2D eigenvalue weighted by Gasteiger charge is 2.19. The van der Waals surface area contributed by atoms with Crippen LogP contribution in [0.5, 0.6) is 0 Å². The number of hydrogen-bond donors (Lipinski definition) is 2. The van der Waals surface area contributed by atoms with Crippen molar-refractivity contribution in [2.24, 2.45) is 10.7 Å². The molecule has 1 heterocycles. The van der Waals surface area contributed by atoms with E-state index < -0.39 is 6.10 Å². The quantitative estimate of drug-likeness (QED) is 0.638. The summed E-state index contributed by atoms with van der Waals surface area (Å²) in [6.45, 7) is 2.51. The molecular formula is C11H13Br2N3O. The van der Waals surface area contributed by atoms with Gasteiger partial charge in [-0.05, 0) is 44.8 Å². The summed E-state index contributed by atoms with van der Waals surface area (Å²) in [7, 11) is 0. The third-order valence-corrected chi connectivity index (χ3v) is 3.46. The molecule has 92 valence electrons. The molecular weight excluding hydrogens is 350 g/mol. The predicted octanol–water partition coefficient (Wildman–Crippen LogP) is 2.53. The van der Waals surface area contributed by atoms with Gasteiger partial charge in [0.15, 0.2) is 0 Å². The zero-order chi connectivity index (χ0) is 12.8. The van der Waals surface area contributed by atoms with Crippen LogP contribution in [0.1, 0.15) is 18.6 Å². The van der Waals surface area contributed by atoms with Gasteiger partial charge in [0.25, 0.3) is 0 Å². The predicted molar refractivity (Wildman–Crippen MR) is 76.1 cm³/mol. The van der Waals surface area contributed by atoms with Crippen molar-refractivity contribution in [1.82, 2.24) is 4.98 Å². The lowest BCUT2D eigenvalue weighted by Crippen LogP contribution is -2.10. The summed E-state index contributed by atoms with van der Waals surface area (Å²) in [5.41, 5.74) is 6.68. The molecule has 1 aromatic rings. The Hall–Kier alpha value is -0.720. The van der Waals surface area contributed by atoms with Crippen molar-refractivity contribution in [3.63, 3.8) is 0 Å². The first-order valence-corrected chi connectivity index (χ1v) is 6.61. The summed E-state index contributed by atoms with van der Waals surface area (Å²) >= 11 is 6.58. The van der Waals surface area contributed by atoms with Crippen molar-refractivity contribution in [3.05, 3.63) is 40.3 Å².